The first kappa shape index (κ1) is 22.1. The van der Waals surface area contributed by atoms with E-state index in [0.29, 0.717) is 41.2 Å². The highest BCUT2D eigenvalue weighted by molar-refractivity contribution is 6.32. The highest BCUT2D eigenvalue weighted by Crippen LogP contribution is 2.36. The molecule has 1 aromatic carbocycles. The lowest BCUT2D eigenvalue weighted by Crippen LogP contribution is -2.31. The van der Waals surface area contributed by atoms with Crippen molar-refractivity contribution in [3.63, 3.8) is 0 Å². The zero-order valence-corrected chi connectivity index (χ0v) is 16.7. The fourth-order valence-corrected chi connectivity index (χ4v) is 2.40. The number of ether oxygens (including phenoxy) is 2. The van der Waals surface area contributed by atoms with E-state index in [1.807, 2.05) is 6.92 Å². The summed E-state index contributed by atoms with van der Waals surface area (Å²) < 4.78 is 11.0. The molecule has 26 heavy (non-hydrogen) atoms. The zero-order chi connectivity index (χ0) is 19.5. The molecule has 146 valence electrons. The Hall–Kier alpha value is -1.95. The highest BCUT2D eigenvalue weighted by Gasteiger charge is 2.16. The van der Waals surface area contributed by atoms with Gasteiger partial charge in [0.05, 0.1) is 18.7 Å². The standard InChI is InChI=1S/C19H29ClN2O4/c1-5-8-21-17(23)6-9-22-19(24)14-11-15(20)18(16(12-14)25-4)26-10-7-13(2)3/h11-13H,5-10H2,1-4H3,(H,21,23)(H,22,24). The maximum absolute atomic E-state index is 12.3. The fourth-order valence-electron chi connectivity index (χ4n) is 2.13. The normalized spacial score (nSPS) is 10.5. The van der Waals surface area contributed by atoms with Crippen molar-refractivity contribution in [3.05, 3.63) is 22.7 Å². The number of carbonyl (C=O) groups excluding carboxylic acids is 2. The van der Waals surface area contributed by atoms with Gasteiger partial charge >= 0.3 is 0 Å². The zero-order valence-electron chi connectivity index (χ0n) is 16.0. The van der Waals surface area contributed by atoms with E-state index < -0.39 is 0 Å². The molecule has 0 aliphatic rings. The van der Waals surface area contributed by atoms with Crippen LogP contribution >= 0.6 is 11.6 Å². The molecule has 7 heteroatoms. The second-order valence-electron chi connectivity index (χ2n) is 6.38. The van der Waals surface area contributed by atoms with Gasteiger partial charge in [-0.15, -0.1) is 0 Å². The van der Waals surface area contributed by atoms with Gasteiger partial charge in [0.25, 0.3) is 5.91 Å². The molecular formula is C19H29ClN2O4. The first-order valence-corrected chi connectivity index (χ1v) is 9.32. The largest absolute Gasteiger partial charge is 0.493 e. The summed E-state index contributed by atoms with van der Waals surface area (Å²) in [6.07, 6.45) is 2.00. The van der Waals surface area contributed by atoms with E-state index >= 15 is 0 Å². The van der Waals surface area contributed by atoms with Gasteiger partial charge in [0.1, 0.15) is 0 Å². The molecule has 0 atom stereocenters. The molecule has 0 radical (unpaired) electrons. The van der Waals surface area contributed by atoms with Crippen LogP contribution < -0.4 is 20.1 Å². The van der Waals surface area contributed by atoms with Crippen LogP contribution in [0, 0.1) is 5.92 Å². The van der Waals surface area contributed by atoms with Crippen LogP contribution in [-0.2, 0) is 4.79 Å². The van der Waals surface area contributed by atoms with Crippen LogP contribution in [0.4, 0.5) is 0 Å². The fraction of sp³-hybridized carbons (Fsp3) is 0.579. The minimum Gasteiger partial charge on any atom is -0.493 e. The summed E-state index contributed by atoms with van der Waals surface area (Å²) in [4.78, 5) is 23.8. The summed E-state index contributed by atoms with van der Waals surface area (Å²) >= 11 is 6.27. The van der Waals surface area contributed by atoms with Gasteiger partial charge in [0.15, 0.2) is 11.5 Å². The van der Waals surface area contributed by atoms with Gasteiger partial charge in [-0.05, 0) is 30.9 Å². The van der Waals surface area contributed by atoms with E-state index in [1.54, 1.807) is 12.1 Å². The molecule has 0 bridgehead atoms. The third-order valence-corrected chi connectivity index (χ3v) is 3.92. The quantitative estimate of drug-likeness (QED) is 0.612. The molecule has 0 aromatic heterocycles. The number of benzene rings is 1. The molecule has 1 rings (SSSR count). The van der Waals surface area contributed by atoms with Crippen LogP contribution in [0.3, 0.4) is 0 Å². The molecular weight excluding hydrogens is 356 g/mol. The summed E-state index contributed by atoms with van der Waals surface area (Å²) in [5.74, 6) is 0.954. The molecule has 0 spiro atoms. The predicted molar refractivity (Wildman–Crippen MR) is 103 cm³/mol. The van der Waals surface area contributed by atoms with Gasteiger partial charge < -0.3 is 20.1 Å². The van der Waals surface area contributed by atoms with E-state index in [2.05, 4.69) is 24.5 Å². The summed E-state index contributed by atoms with van der Waals surface area (Å²) in [5.41, 5.74) is 0.358. The summed E-state index contributed by atoms with van der Waals surface area (Å²) in [7, 11) is 1.50. The number of nitrogens with one attached hydrogen (secondary N) is 2. The van der Waals surface area contributed by atoms with Gasteiger partial charge in [0, 0.05) is 25.1 Å². The smallest absolute Gasteiger partial charge is 0.251 e. The average molecular weight is 385 g/mol. The van der Waals surface area contributed by atoms with E-state index in [0.717, 1.165) is 12.8 Å². The molecule has 0 fully saturated rings. The van der Waals surface area contributed by atoms with Crippen molar-refractivity contribution in [1.29, 1.82) is 0 Å². The Morgan fingerprint density at radius 3 is 2.54 bits per heavy atom. The number of methoxy groups -OCH3 is 1. The Morgan fingerprint density at radius 1 is 1.19 bits per heavy atom. The number of hydrogen-bond donors (Lipinski definition) is 2. The van der Waals surface area contributed by atoms with Gasteiger partial charge in [-0.2, -0.15) is 0 Å². The number of hydrogen-bond acceptors (Lipinski definition) is 4. The molecule has 0 aliphatic carbocycles. The van der Waals surface area contributed by atoms with Crippen molar-refractivity contribution in [3.8, 4) is 11.5 Å². The van der Waals surface area contributed by atoms with Crippen LogP contribution in [0.5, 0.6) is 11.5 Å². The minimum atomic E-state index is -0.317. The molecule has 0 saturated carbocycles. The monoisotopic (exact) mass is 384 g/mol. The van der Waals surface area contributed by atoms with Gasteiger partial charge in [-0.25, -0.2) is 0 Å². The van der Waals surface area contributed by atoms with Crippen molar-refractivity contribution in [2.45, 2.75) is 40.0 Å². The average Bonchev–Trinajstić information content (AvgIpc) is 2.60. The topological polar surface area (TPSA) is 76.7 Å². The Balaban J connectivity index is 2.67. The lowest BCUT2D eigenvalue weighted by Gasteiger charge is -2.15. The van der Waals surface area contributed by atoms with Crippen molar-refractivity contribution in [2.75, 3.05) is 26.8 Å². The van der Waals surface area contributed by atoms with Crippen LogP contribution in [0.1, 0.15) is 50.4 Å². The second kappa shape index (κ2) is 11.6. The molecule has 0 saturated heterocycles. The van der Waals surface area contributed by atoms with E-state index in [9.17, 15) is 9.59 Å². The first-order valence-electron chi connectivity index (χ1n) is 8.94. The Bertz CT molecular complexity index is 605. The van der Waals surface area contributed by atoms with E-state index in [-0.39, 0.29) is 24.8 Å². The molecule has 1 aromatic rings. The van der Waals surface area contributed by atoms with Crippen LogP contribution in [0.15, 0.2) is 12.1 Å². The second-order valence-corrected chi connectivity index (χ2v) is 6.78. The summed E-state index contributed by atoms with van der Waals surface area (Å²) in [6, 6.07) is 3.13. The Labute approximate surface area is 160 Å². The summed E-state index contributed by atoms with van der Waals surface area (Å²) in [5, 5.41) is 5.79. The number of carbonyl (C=O) groups is 2. The van der Waals surface area contributed by atoms with Crippen LogP contribution in [0.25, 0.3) is 0 Å². The molecule has 2 N–H and O–H groups in total. The SMILES string of the molecule is CCCNC(=O)CCNC(=O)c1cc(Cl)c(OCCC(C)C)c(OC)c1. The van der Waals surface area contributed by atoms with Crippen LogP contribution in [0.2, 0.25) is 5.02 Å². The Morgan fingerprint density at radius 2 is 1.92 bits per heavy atom. The van der Waals surface area contributed by atoms with E-state index in [4.69, 9.17) is 21.1 Å². The van der Waals surface area contributed by atoms with Crippen molar-refractivity contribution in [2.24, 2.45) is 5.92 Å². The van der Waals surface area contributed by atoms with Crippen molar-refractivity contribution < 1.29 is 19.1 Å². The maximum atomic E-state index is 12.3. The van der Waals surface area contributed by atoms with Crippen molar-refractivity contribution in [1.82, 2.24) is 10.6 Å². The molecule has 0 aliphatic heterocycles. The van der Waals surface area contributed by atoms with Gasteiger partial charge in [-0.3, -0.25) is 9.59 Å². The number of amides is 2. The number of rotatable bonds is 11. The first-order chi connectivity index (χ1) is 12.4. The third kappa shape index (κ3) is 7.52. The number of halogens is 1. The maximum Gasteiger partial charge on any atom is 0.251 e. The van der Waals surface area contributed by atoms with E-state index in [1.165, 1.54) is 7.11 Å². The highest BCUT2D eigenvalue weighted by atomic mass is 35.5. The van der Waals surface area contributed by atoms with Gasteiger partial charge in [0.2, 0.25) is 5.91 Å². The third-order valence-electron chi connectivity index (χ3n) is 3.64. The van der Waals surface area contributed by atoms with Crippen molar-refractivity contribution >= 4 is 23.4 Å². The molecule has 0 heterocycles. The predicted octanol–water partition coefficient (Wildman–Crippen LogP) is 3.42. The molecule has 6 nitrogen and oxygen atoms in total. The summed E-state index contributed by atoms with van der Waals surface area (Å²) in [6.45, 7) is 7.61. The minimum absolute atomic E-state index is 0.0864. The van der Waals surface area contributed by atoms with Crippen LogP contribution in [-0.4, -0.2) is 38.6 Å². The lowest BCUT2D eigenvalue weighted by atomic mass is 10.1. The lowest BCUT2D eigenvalue weighted by molar-refractivity contribution is -0.120. The Kier molecular flexibility index (Phi) is 9.88. The van der Waals surface area contributed by atoms with Gasteiger partial charge in [-0.1, -0.05) is 32.4 Å². The molecule has 2 amide bonds. The molecule has 0 unspecified atom stereocenters.